The third-order valence-electron chi connectivity index (χ3n) is 3.50. The maximum Gasteiger partial charge on any atom is 0.573 e. The van der Waals surface area contributed by atoms with Crippen molar-refractivity contribution in [3.05, 3.63) is 23.8 Å². The van der Waals surface area contributed by atoms with Crippen molar-refractivity contribution in [1.82, 2.24) is 0 Å². The maximum atomic E-state index is 12.2. The van der Waals surface area contributed by atoms with Crippen molar-refractivity contribution in [2.45, 2.75) is 38.1 Å². The molecule has 1 saturated carbocycles. The number of phenols is 1. The minimum atomic E-state index is -4.74. The smallest absolute Gasteiger partial charge is 0.508 e. The molecule has 0 radical (unpaired) electrons. The fraction of sp³-hybridized carbons (Fsp3) is 0.538. The highest BCUT2D eigenvalue weighted by Gasteiger charge is 2.32. The molecule has 0 saturated heterocycles. The summed E-state index contributed by atoms with van der Waals surface area (Å²) in [7, 11) is 0. The van der Waals surface area contributed by atoms with E-state index in [0.29, 0.717) is 5.56 Å². The zero-order valence-corrected chi connectivity index (χ0v) is 10.3. The average Bonchev–Trinajstić information content (AvgIpc) is 2.82. The van der Waals surface area contributed by atoms with Crippen LogP contribution in [0.25, 0.3) is 0 Å². The van der Waals surface area contributed by atoms with Gasteiger partial charge in [-0.3, -0.25) is 0 Å². The molecule has 19 heavy (non-hydrogen) atoms. The third-order valence-corrected chi connectivity index (χ3v) is 3.50. The largest absolute Gasteiger partial charge is 0.573 e. The second-order valence-corrected chi connectivity index (χ2v) is 4.84. The molecule has 1 atom stereocenters. The van der Waals surface area contributed by atoms with Crippen molar-refractivity contribution >= 4 is 0 Å². The predicted molar refractivity (Wildman–Crippen MR) is 63.7 cm³/mol. The zero-order valence-electron chi connectivity index (χ0n) is 10.3. The van der Waals surface area contributed by atoms with E-state index in [1.54, 1.807) is 0 Å². The first kappa shape index (κ1) is 14.0. The Balaban J connectivity index is 2.21. The number of halogens is 3. The van der Waals surface area contributed by atoms with E-state index in [9.17, 15) is 18.3 Å². The van der Waals surface area contributed by atoms with Crippen LogP contribution in [0.4, 0.5) is 13.2 Å². The van der Waals surface area contributed by atoms with Crippen LogP contribution in [-0.2, 0) is 0 Å². The Bertz CT molecular complexity index is 442. The van der Waals surface area contributed by atoms with Crippen molar-refractivity contribution in [3.63, 3.8) is 0 Å². The van der Waals surface area contributed by atoms with E-state index in [2.05, 4.69) is 4.74 Å². The lowest BCUT2D eigenvalue weighted by Gasteiger charge is -2.21. The molecule has 6 heteroatoms. The maximum absolute atomic E-state index is 12.2. The summed E-state index contributed by atoms with van der Waals surface area (Å²) in [5.41, 5.74) is 6.35. The van der Waals surface area contributed by atoms with Gasteiger partial charge in [0.05, 0.1) is 0 Å². The number of nitrogens with two attached hydrogens (primary N) is 1. The molecule has 1 fully saturated rings. The van der Waals surface area contributed by atoms with Crippen LogP contribution in [0.15, 0.2) is 18.2 Å². The van der Waals surface area contributed by atoms with Gasteiger partial charge in [-0.15, -0.1) is 13.2 Å². The first-order valence-electron chi connectivity index (χ1n) is 6.21. The van der Waals surface area contributed by atoms with Crippen LogP contribution in [-0.4, -0.2) is 11.5 Å². The molecule has 1 aliphatic carbocycles. The van der Waals surface area contributed by atoms with Crippen LogP contribution in [0.3, 0.4) is 0 Å². The lowest BCUT2D eigenvalue weighted by Crippen LogP contribution is -2.20. The van der Waals surface area contributed by atoms with Gasteiger partial charge in [-0.2, -0.15) is 0 Å². The summed E-state index contributed by atoms with van der Waals surface area (Å²) in [5, 5.41) is 9.75. The van der Waals surface area contributed by atoms with E-state index >= 15 is 0 Å². The Morgan fingerprint density at radius 1 is 1.26 bits per heavy atom. The molecule has 0 amide bonds. The summed E-state index contributed by atoms with van der Waals surface area (Å²) in [4.78, 5) is 0. The molecule has 2 rings (SSSR count). The van der Waals surface area contributed by atoms with Crippen molar-refractivity contribution < 1.29 is 23.0 Å². The van der Waals surface area contributed by atoms with Crippen LogP contribution in [0.2, 0.25) is 0 Å². The molecule has 3 nitrogen and oxygen atoms in total. The first-order chi connectivity index (χ1) is 8.87. The molecule has 0 aliphatic heterocycles. The fourth-order valence-electron chi connectivity index (χ4n) is 2.57. The van der Waals surface area contributed by atoms with E-state index in [-0.39, 0.29) is 17.4 Å². The summed E-state index contributed by atoms with van der Waals surface area (Å²) in [5.74, 6) is -0.241. The lowest BCUT2D eigenvalue weighted by molar-refractivity contribution is -0.274. The van der Waals surface area contributed by atoms with E-state index in [1.807, 2.05) is 0 Å². The Labute approximate surface area is 109 Å². The quantitative estimate of drug-likeness (QED) is 0.888. The molecule has 1 aromatic rings. The second kappa shape index (κ2) is 5.28. The molecule has 0 bridgehead atoms. The first-order valence-corrected chi connectivity index (χ1v) is 6.21. The Morgan fingerprint density at radius 3 is 2.47 bits per heavy atom. The SMILES string of the molecule is N[C@H](c1cc(OC(F)(F)F)ccc1O)C1CCCC1. The molecule has 0 spiro atoms. The van der Waals surface area contributed by atoms with E-state index in [1.165, 1.54) is 12.1 Å². The number of ether oxygens (including phenoxy) is 1. The summed E-state index contributed by atoms with van der Waals surface area (Å²) in [6, 6.07) is 2.98. The highest BCUT2D eigenvalue weighted by Crippen LogP contribution is 2.39. The molecule has 1 aromatic carbocycles. The van der Waals surface area contributed by atoms with E-state index in [0.717, 1.165) is 31.7 Å². The molecular weight excluding hydrogens is 259 g/mol. The van der Waals surface area contributed by atoms with Gasteiger partial charge in [0.15, 0.2) is 0 Å². The normalized spacial score (nSPS) is 18.5. The predicted octanol–water partition coefficient (Wildman–Crippen LogP) is 3.48. The van der Waals surface area contributed by atoms with Crippen LogP contribution in [0.5, 0.6) is 11.5 Å². The number of aromatic hydroxyl groups is 1. The van der Waals surface area contributed by atoms with Gasteiger partial charge in [0, 0.05) is 11.6 Å². The number of alkyl halides is 3. The van der Waals surface area contributed by atoms with Gasteiger partial charge in [-0.05, 0) is 37.0 Å². The molecule has 3 N–H and O–H groups in total. The number of rotatable bonds is 3. The van der Waals surface area contributed by atoms with E-state index < -0.39 is 12.4 Å². The Kier molecular flexibility index (Phi) is 3.89. The molecule has 106 valence electrons. The molecule has 0 unspecified atom stereocenters. The van der Waals surface area contributed by atoms with Gasteiger partial charge in [-0.25, -0.2) is 0 Å². The molecule has 1 aliphatic rings. The monoisotopic (exact) mass is 275 g/mol. The van der Waals surface area contributed by atoms with Crippen molar-refractivity contribution in [3.8, 4) is 11.5 Å². The molecular formula is C13H16F3NO2. The van der Waals surface area contributed by atoms with Gasteiger partial charge < -0.3 is 15.6 Å². The van der Waals surface area contributed by atoms with E-state index in [4.69, 9.17) is 5.73 Å². The zero-order chi connectivity index (χ0) is 14.0. The average molecular weight is 275 g/mol. The van der Waals surface area contributed by atoms with Crippen LogP contribution < -0.4 is 10.5 Å². The summed E-state index contributed by atoms with van der Waals surface area (Å²) in [6.07, 6.45) is -0.739. The molecule has 0 aromatic heterocycles. The van der Waals surface area contributed by atoms with Gasteiger partial charge in [0.25, 0.3) is 0 Å². The number of hydrogen-bond acceptors (Lipinski definition) is 3. The topological polar surface area (TPSA) is 55.5 Å². The van der Waals surface area contributed by atoms with Gasteiger partial charge in [0.2, 0.25) is 0 Å². The van der Waals surface area contributed by atoms with Crippen LogP contribution in [0.1, 0.15) is 37.3 Å². The fourth-order valence-corrected chi connectivity index (χ4v) is 2.57. The van der Waals surface area contributed by atoms with Gasteiger partial charge >= 0.3 is 6.36 Å². The van der Waals surface area contributed by atoms with Crippen molar-refractivity contribution in [2.75, 3.05) is 0 Å². The minimum absolute atomic E-state index is 0.0890. The summed E-state index contributed by atoms with van der Waals surface area (Å²) >= 11 is 0. The van der Waals surface area contributed by atoms with Crippen molar-refractivity contribution in [1.29, 1.82) is 0 Å². The third kappa shape index (κ3) is 3.53. The summed E-state index contributed by atoms with van der Waals surface area (Å²) < 4.78 is 40.3. The Morgan fingerprint density at radius 2 is 1.89 bits per heavy atom. The Hall–Kier alpha value is -1.43. The minimum Gasteiger partial charge on any atom is -0.508 e. The van der Waals surface area contributed by atoms with Crippen LogP contribution in [0, 0.1) is 5.92 Å². The van der Waals surface area contributed by atoms with Crippen molar-refractivity contribution in [2.24, 2.45) is 11.7 Å². The highest BCUT2D eigenvalue weighted by atomic mass is 19.4. The number of phenolic OH excluding ortho intramolecular Hbond substituents is 1. The van der Waals surface area contributed by atoms with Gasteiger partial charge in [0.1, 0.15) is 11.5 Å². The van der Waals surface area contributed by atoms with Gasteiger partial charge in [-0.1, -0.05) is 12.8 Å². The highest BCUT2D eigenvalue weighted by molar-refractivity contribution is 5.41. The van der Waals surface area contributed by atoms with Crippen LogP contribution >= 0.6 is 0 Å². The number of hydrogen-bond donors (Lipinski definition) is 2. The lowest BCUT2D eigenvalue weighted by atomic mass is 9.92. The molecule has 0 heterocycles. The number of benzene rings is 1. The second-order valence-electron chi connectivity index (χ2n) is 4.84. The summed E-state index contributed by atoms with van der Waals surface area (Å²) in [6.45, 7) is 0. The standard InChI is InChI=1S/C13H16F3NO2/c14-13(15,16)19-9-5-6-11(18)10(7-9)12(17)8-3-1-2-4-8/h5-8,12,18H,1-4,17H2/t12-/m0/s1.